The minimum absolute atomic E-state index is 0.0626. The predicted molar refractivity (Wildman–Crippen MR) is 99.6 cm³/mol. The second-order valence-corrected chi connectivity index (χ2v) is 9.04. The second kappa shape index (κ2) is 9.05. The van der Waals surface area contributed by atoms with Crippen LogP contribution in [0.5, 0.6) is 0 Å². The maximum Gasteiger partial charge on any atom is 0.222 e. The van der Waals surface area contributed by atoms with E-state index in [-0.39, 0.29) is 5.54 Å². The van der Waals surface area contributed by atoms with Crippen LogP contribution in [0.2, 0.25) is 0 Å². The first kappa shape index (κ1) is 20.5. The van der Waals surface area contributed by atoms with Gasteiger partial charge in [-0.15, -0.1) is 0 Å². The van der Waals surface area contributed by atoms with Crippen molar-refractivity contribution in [2.75, 3.05) is 19.6 Å². The van der Waals surface area contributed by atoms with Crippen molar-refractivity contribution < 1.29 is 4.79 Å². The molecule has 1 aliphatic rings. The summed E-state index contributed by atoms with van der Waals surface area (Å²) in [5.41, 5.74) is 0.437. The molecule has 23 heavy (non-hydrogen) atoms. The summed E-state index contributed by atoms with van der Waals surface area (Å²) in [5, 5.41) is 3.61. The van der Waals surface area contributed by atoms with Crippen molar-refractivity contribution in [3.63, 3.8) is 0 Å². The van der Waals surface area contributed by atoms with Gasteiger partial charge in [-0.3, -0.25) is 4.79 Å². The Morgan fingerprint density at radius 3 is 2.22 bits per heavy atom. The average molecular weight is 325 g/mol. The molecule has 0 aromatic heterocycles. The number of carbonyl (C=O) groups is 1. The molecule has 0 aromatic rings. The molecule has 0 saturated carbocycles. The van der Waals surface area contributed by atoms with E-state index in [1.54, 1.807) is 0 Å². The van der Waals surface area contributed by atoms with E-state index >= 15 is 0 Å². The van der Waals surface area contributed by atoms with E-state index in [9.17, 15) is 4.79 Å². The van der Waals surface area contributed by atoms with Crippen LogP contribution in [0, 0.1) is 11.3 Å². The molecule has 3 nitrogen and oxygen atoms in total. The summed E-state index contributed by atoms with van der Waals surface area (Å²) in [6.45, 7) is 16.6. The lowest BCUT2D eigenvalue weighted by atomic mass is 9.75. The summed E-state index contributed by atoms with van der Waals surface area (Å²) in [6.07, 6.45) is 7.69. The predicted octanol–water partition coefficient (Wildman–Crippen LogP) is 4.61. The molecule has 1 aliphatic heterocycles. The van der Waals surface area contributed by atoms with Crippen LogP contribution in [0.25, 0.3) is 0 Å². The van der Waals surface area contributed by atoms with Crippen LogP contribution in [-0.4, -0.2) is 36.0 Å². The lowest BCUT2D eigenvalue weighted by Gasteiger charge is -2.39. The highest BCUT2D eigenvalue weighted by Crippen LogP contribution is 2.34. The van der Waals surface area contributed by atoms with Gasteiger partial charge >= 0.3 is 0 Å². The van der Waals surface area contributed by atoms with Gasteiger partial charge in [0, 0.05) is 25.0 Å². The van der Waals surface area contributed by atoms with E-state index in [1.165, 1.54) is 19.3 Å². The molecule has 0 unspecified atom stereocenters. The molecule has 0 aliphatic carbocycles. The van der Waals surface area contributed by atoms with Crippen LogP contribution in [-0.2, 0) is 4.79 Å². The maximum atomic E-state index is 12.5. The number of piperidine rings is 1. The van der Waals surface area contributed by atoms with Gasteiger partial charge in [-0.05, 0) is 57.4 Å². The van der Waals surface area contributed by atoms with Gasteiger partial charge in [0.25, 0.3) is 0 Å². The fourth-order valence-corrected chi connectivity index (χ4v) is 3.46. The number of nitrogens with one attached hydrogen (secondary N) is 1. The molecular formula is C20H40N2O. The Hall–Kier alpha value is -0.570. The molecular weight excluding hydrogens is 284 g/mol. The van der Waals surface area contributed by atoms with Crippen molar-refractivity contribution in [1.82, 2.24) is 10.2 Å². The largest absolute Gasteiger partial charge is 0.343 e. The van der Waals surface area contributed by atoms with E-state index in [1.807, 2.05) is 0 Å². The minimum atomic E-state index is 0.0626. The Labute approximate surface area is 144 Å². The molecule has 0 radical (unpaired) electrons. The monoisotopic (exact) mass is 324 g/mol. The summed E-state index contributed by atoms with van der Waals surface area (Å²) < 4.78 is 0. The van der Waals surface area contributed by atoms with Crippen LogP contribution in [0.4, 0.5) is 0 Å². The zero-order chi connectivity index (χ0) is 17.5. The van der Waals surface area contributed by atoms with Gasteiger partial charge in [-0.1, -0.05) is 40.5 Å². The SMILES string of the molecule is CCCCCNC(C)(C)CCC(=O)N1CCC(C(C)(C)C)CC1. The molecule has 0 spiro atoms. The van der Waals surface area contributed by atoms with Gasteiger partial charge in [-0.2, -0.15) is 0 Å². The number of rotatable bonds is 8. The lowest BCUT2D eigenvalue weighted by molar-refractivity contribution is -0.133. The number of unbranched alkanes of at least 4 members (excludes halogenated alkanes) is 2. The number of likely N-dealkylation sites (tertiary alicyclic amines) is 1. The van der Waals surface area contributed by atoms with Crippen molar-refractivity contribution >= 4 is 5.91 Å². The normalized spacial score (nSPS) is 17.6. The fourth-order valence-electron chi connectivity index (χ4n) is 3.46. The van der Waals surface area contributed by atoms with Gasteiger partial charge in [0.15, 0.2) is 0 Å². The van der Waals surface area contributed by atoms with E-state index < -0.39 is 0 Å². The van der Waals surface area contributed by atoms with Crippen molar-refractivity contribution in [3.8, 4) is 0 Å². The molecule has 1 fully saturated rings. The average Bonchev–Trinajstić information content (AvgIpc) is 2.49. The van der Waals surface area contributed by atoms with Crippen LogP contribution in [0.15, 0.2) is 0 Å². The third-order valence-electron chi connectivity index (χ3n) is 5.42. The highest BCUT2D eigenvalue weighted by Gasteiger charge is 2.30. The zero-order valence-electron chi connectivity index (χ0n) is 16.5. The third kappa shape index (κ3) is 7.69. The van der Waals surface area contributed by atoms with Crippen LogP contribution in [0.1, 0.15) is 86.5 Å². The number of hydrogen-bond donors (Lipinski definition) is 1. The highest BCUT2D eigenvalue weighted by atomic mass is 16.2. The summed E-state index contributed by atoms with van der Waals surface area (Å²) in [5.74, 6) is 1.10. The lowest BCUT2D eigenvalue weighted by Crippen LogP contribution is -2.44. The molecule has 0 bridgehead atoms. The first-order chi connectivity index (χ1) is 10.7. The van der Waals surface area contributed by atoms with Gasteiger partial charge in [0.05, 0.1) is 0 Å². The van der Waals surface area contributed by atoms with Crippen LogP contribution < -0.4 is 5.32 Å². The Kier molecular flexibility index (Phi) is 8.06. The standard InChI is InChI=1S/C20H40N2O/c1-7-8-9-14-21-20(5,6)13-10-18(23)22-15-11-17(12-16-22)19(2,3)4/h17,21H,7-16H2,1-6H3. The molecule has 3 heteroatoms. The van der Waals surface area contributed by atoms with Crippen molar-refractivity contribution in [3.05, 3.63) is 0 Å². The number of nitrogens with zero attached hydrogens (tertiary/aromatic N) is 1. The quantitative estimate of drug-likeness (QED) is 0.661. The summed E-state index contributed by atoms with van der Waals surface area (Å²) in [4.78, 5) is 14.6. The first-order valence-corrected chi connectivity index (χ1v) is 9.68. The topological polar surface area (TPSA) is 32.3 Å². The van der Waals surface area contributed by atoms with E-state index in [4.69, 9.17) is 0 Å². The molecule has 1 amide bonds. The smallest absolute Gasteiger partial charge is 0.222 e. The molecule has 1 N–H and O–H groups in total. The van der Waals surface area contributed by atoms with Gasteiger partial charge in [-0.25, -0.2) is 0 Å². The minimum Gasteiger partial charge on any atom is -0.343 e. The Balaban J connectivity index is 2.29. The molecule has 1 heterocycles. The van der Waals surface area contributed by atoms with E-state index in [0.717, 1.165) is 44.8 Å². The third-order valence-corrected chi connectivity index (χ3v) is 5.42. The highest BCUT2D eigenvalue weighted by molar-refractivity contribution is 5.76. The maximum absolute atomic E-state index is 12.5. The van der Waals surface area contributed by atoms with Crippen molar-refractivity contribution in [1.29, 1.82) is 0 Å². The van der Waals surface area contributed by atoms with Gasteiger partial charge < -0.3 is 10.2 Å². The Bertz CT molecular complexity index is 349. The Morgan fingerprint density at radius 1 is 1.09 bits per heavy atom. The van der Waals surface area contributed by atoms with Gasteiger partial charge in [0.2, 0.25) is 5.91 Å². The van der Waals surface area contributed by atoms with E-state index in [0.29, 0.717) is 17.7 Å². The first-order valence-electron chi connectivity index (χ1n) is 9.68. The van der Waals surface area contributed by atoms with Crippen LogP contribution >= 0.6 is 0 Å². The zero-order valence-corrected chi connectivity index (χ0v) is 16.5. The molecule has 1 saturated heterocycles. The van der Waals surface area contributed by atoms with Crippen molar-refractivity contribution in [2.24, 2.45) is 11.3 Å². The molecule has 136 valence electrons. The van der Waals surface area contributed by atoms with Crippen molar-refractivity contribution in [2.45, 2.75) is 92.0 Å². The molecule has 0 aromatic carbocycles. The Morgan fingerprint density at radius 2 is 1.70 bits per heavy atom. The summed E-state index contributed by atoms with van der Waals surface area (Å²) in [7, 11) is 0. The summed E-state index contributed by atoms with van der Waals surface area (Å²) >= 11 is 0. The van der Waals surface area contributed by atoms with E-state index in [2.05, 4.69) is 51.8 Å². The second-order valence-electron chi connectivity index (χ2n) is 9.04. The molecule has 1 rings (SSSR count). The number of carbonyl (C=O) groups excluding carboxylic acids is 1. The fraction of sp³-hybridized carbons (Fsp3) is 0.950. The number of hydrogen-bond acceptors (Lipinski definition) is 2. The summed E-state index contributed by atoms with van der Waals surface area (Å²) in [6, 6.07) is 0. The number of amides is 1. The van der Waals surface area contributed by atoms with Crippen LogP contribution in [0.3, 0.4) is 0 Å². The van der Waals surface area contributed by atoms with Gasteiger partial charge in [0.1, 0.15) is 0 Å². The molecule has 0 atom stereocenters.